The van der Waals surface area contributed by atoms with Gasteiger partial charge in [-0.05, 0) is 42.6 Å². The first-order valence-corrected chi connectivity index (χ1v) is 9.28. The van der Waals surface area contributed by atoms with Crippen molar-refractivity contribution in [2.45, 2.75) is 63.3 Å². The monoisotopic (exact) mass is 360 g/mol. The summed E-state index contributed by atoms with van der Waals surface area (Å²) < 4.78 is 3.09. The summed E-state index contributed by atoms with van der Waals surface area (Å²) in [5.41, 5.74) is 4.13. The van der Waals surface area contributed by atoms with Gasteiger partial charge in [0.25, 0.3) is 0 Å². The normalized spacial score (nSPS) is 18.6. The number of nitrogens with two attached hydrogens (primary N) is 1. The molecular formula is C14H25BrN4S. The van der Waals surface area contributed by atoms with Crippen LogP contribution in [0, 0.1) is 0 Å². The van der Waals surface area contributed by atoms with E-state index in [-0.39, 0.29) is 6.04 Å². The van der Waals surface area contributed by atoms with Crippen LogP contribution in [0.3, 0.4) is 0 Å². The van der Waals surface area contributed by atoms with Crippen LogP contribution < -0.4 is 11.3 Å². The summed E-state index contributed by atoms with van der Waals surface area (Å²) in [4.78, 5) is 0. The maximum Gasteiger partial charge on any atom is 0.0731 e. The van der Waals surface area contributed by atoms with E-state index in [0.29, 0.717) is 6.04 Å². The Morgan fingerprint density at radius 1 is 1.45 bits per heavy atom. The second-order valence-corrected chi connectivity index (χ2v) is 7.92. The molecule has 0 radical (unpaired) electrons. The largest absolute Gasteiger partial charge is 0.271 e. The molecule has 20 heavy (non-hydrogen) atoms. The minimum Gasteiger partial charge on any atom is -0.271 e. The van der Waals surface area contributed by atoms with Crippen LogP contribution in [0.1, 0.15) is 63.7 Å². The zero-order chi connectivity index (χ0) is 14.5. The molecule has 2 rings (SSSR count). The SMILES string of the molecule is CC(C)n1ncc(Br)c1C(CSC1CCCCC1)NN. The lowest BCUT2D eigenvalue weighted by Crippen LogP contribution is -2.32. The van der Waals surface area contributed by atoms with Crippen molar-refractivity contribution >= 4 is 27.7 Å². The number of nitrogens with zero attached hydrogens (tertiary/aromatic N) is 2. The summed E-state index contributed by atoms with van der Waals surface area (Å²) in [7, 11) is 0. The van der Waals surface area contributed by atoms with Gasteiger partial charge in [0.1, 0.15) is 0 Å². The molecule has 3 N–H and O–H groups in total. The molecule has 1 aliphatic carbocycles. The van der Waals surface area contributed by atoms with Gasteiger partial charge in [-0.25, -0.2) is 0 Å². The Labute approximate surface area is 134 Å². The minimum atomic E-state index is 0.140. The van der Waals surface area contributed by atoms with Crippen LogP contribution in [0.5, 0.6) is 0 Å². The fourth-order valence-corrected chi connectivity index (χ4v) is 4.69. The van der Waals surface area contributed by atoms with Crippen molar-refractivity contribution < 1.29 is 0 Å². The highest BCUT2D eigenvalue weighted by Gasteiger charge is 2.22. The van der Waals surface area contributed by atoms with E-state index in [9.17, 15) is 0 Å². The van der Waals surface area contributed by atoms with Crippen LogP contribution in [-0.4, -0.2) is 20.8 Å². The molecule has 1 aliphatic rings. The number of nitrogens with one attached hydrogen (secondary N) is 1. The molecular weight excluding hydrogens is 336 g/mol. The van der Waals surface area contributed by atoms with Crippen molar-refractivity contribution in [2.24, 2.45) is 5.84 Å². The average Bonchev–Trinajstić information content (AvgIpc) is 2.83. The number of aromatic nitrogens is 2. The zero-order valence-corrected chi connectivity index (χ0v) is 14.7. The van der Waals surface area contributed by atoms with Crippen LogP contribution in [0.15, 0.2) is 10.7 Å². The van der Waals surface area contributed by atoms with Crippen LogP contribution in [-0.2, 0) is 0 Å². The number of rotatable bonds is 6. The molecule has 1 fully saturated rings. The van der Waals surface area contributed by atoms with E-state index in [0.717, 1.165) is 21.2 Å². The zero-order valence-electron chi connectivity index (χ0n) is 12.3. The maximum absolute atomic E-state index is 5.79. The van der Waals surface area contributed by atoms with Gasteiger partial charge in [-0.2, -0.15) is 16.9 Å². The van der Waals surface area contributed by atoms with Gasteiger partial charge in [0, 0.05) is 17.0 Å². The van der Waals surface area contributed by atoms with Gasteiger partial charge in [-0.3, -0.25) is 16.0 Å². The third kappa shape index (κ3) is 4.00. The number of hydrogen-bond acceptors (Lipinski definition) is 4. The molecule has 1 saturated carbocycles. The molecule has 1 aromatic rings. The van der Waals surface area contributed by atoms with Crippen molar-refractivity contribution in [3.63, 3.8) is 0 Å². The lowest BCUT2D eigenvalue weighted by Gasteiger charge is -2.25. The third-order valence-corrected chi connectivity index (χ3v) is 5.94. The molecule has 0 aromatic carbocycles. The summed E-state index contributed by atoms with van der Waals surface area (Å²) in [6.07, 6.45) is 8.74. The minimum absolute atomic E-state index is 0.140. The van der Waals surface area contributed by atoms with Crippen LogP contribution in [0.2, 0.25) is 0 Å². The molecule has 0 aliphatic heterocycles. The molecule has 0 bridgehead atoms. The maximum atomic E-state index is 5.79. The number of thioether (sulfide) groups is 1. The highest BCUT2D eigenvalue weighted by atomic mass is 79.9. The van der Waals surface area contributed by atoms with Crippen molar-refractivity contribution in [1.82, 2.24) is 15.2 Å². The third-order valence-electron chi connectivity index (χ3n) is 3.86. The summed E-state index contributed by atoms with van der Waals surface area (Å²) >= 11 is 5.66. The average molecular weight is 361 g/mol. The Hall–Kier alpha value is -0.0400. The number of halogens is 1. The van der Waals surface area contributed by atoms with Crippen molar-refractivity contribution in [1.29, 1.82) is 0 Å². The van der Waals surface area contributed by atoms with E-state index in [1.165, 1.54) is 32.1 Å². The lowest BCUT2D eigenvalue weighted by molar-refractivity contribution is 0.465. The molecule has 4 nitrogen and oxygen atoms in total. The van der Waals surface area contributed by atoms with Crippen molar-refractivity contribution in [3.05, 3.63) is 16.4 Å². The number of hydrazine groups is 1. The second-order valence-electron chi connectivity index (χ2n) is 5.73. The Morgan fingerprint density at radius 2 is 2.15 bits per heavy atom. The Kier molecular flexibility index (Phi) is 6.39. The fraction of sp³-hybridized carbons (Fsp3) is 0.786. The van der Waals surface area contributed by atoms with Gasteiger partial charge in [-0.15, -0.1) is 0 Å². The predicted molar refractivity (Wildman–Crippen MR) is 89.7 cm³/mol. The first-order chi connectivity index (χ1) is 9.63. The Bertz CT molecular complexity index is 415. The van der Waals surface area contributed by atoms with Gasteiger partial charge in [0.15, 0.2) is 0 Å². The Morgan fingerprint density at radius 3 is 2.75 bits per heavy atom. The van der Waals surface area contributed by atoms with Gasteiger partial charge in [0.2, 0.25) is 0 Å². The Balaban J connectivity index is 2.02. The molecule has 0 spiro atoms. The summed E-state index contributed by atoms with van der Waals surface area (Å²) in [5.74, 6) is 6.79. The molecule has 1 atom stereocenters. The summed E-state index contributed by atoms with van der Waals surface area (Å²) in [5, 5.41) is 5.24. The van der Waals surface area contributed by atoms with Gasteiger partial charge >= 0.3 is 0 Å². The van der Waals surface area contributed by atoms with E-state index in [1.807, 2.05) is 6.20 Å². The highest BCUT2D eigenvalue weighted by molar-refractivity contribution is 9.10. The number of hydrogen-bond donors (Lipinski definition) is 2. The van der Waals surface area contributed by atoms with Gasteiger partial charge in [-0.1, -0.05) is 19.3 Å². The smallest absolute Gasteiger partial charge is 0.0731 e. The fourth-order valence-electron chi connectivity index (χ4n) is 2.76. The molecule has 1 aromatic heterocycles. The summed E-state index contributed by atoms with van der Waals surface area (Å²) in [6.45, 7) is 4.29. The first kappa shape index (κ1) is 16.3. The molecule has 6 heteroatoms. The molecule has 0 saturated heterocycles. The van der Waals surface area contributed by atoms with Crippen molar-refractivity contribution in [3.8, 4) is 0 Å². The van der Waals surface area contributed by atoms with Gasteiger partial charge < -0.3 is 0 Å². The molecule has 0 amide bonds. The van der Waals surface area contributed by atoms with Crippen LogP contribution in [0.4, 0.5) is 0 Å². The van der Waals surface area contributed by atoms with E-state index in [4.69, 9.17) is 5.84 Å². The topological polar surface area (TPSA) is 55.9 Å². The van der Waals surface area contributed by atoms with E-state index < -0.39 is 0 Å². The van der Waals surface area contributed by atoms with E-state index in [1.54, 1.807) is 0 Å². The first-order valence-electron chi connectivity index (χ1n) is 7.44. The highest BCUT2D eigenvalue weighted by Crippen LogP contribution is 2.33. The van der Waals surface area contributed by atoms with Crippen LogP contribution >= 0.6 is 27.7 Å². The molecule has 1 unspecified atom stereocenters. The van der Waals surface area contributed by atoms with E-state index in [2.05, 4.69) is 56.7 Å². The predicted octanol–water partition coefficient (Wildman–Crippen LogP) is 3.80. The molecule has 1 heterocycles. The van der Waals surface area contributed by atoms with Crippen LogP contribution in [0.25, 0.3) is 0 Å². The summed E-state index contributed by atoms with van der Waals surface area (Å²) in [6, 6.07) is 0.480. The quantitative estimate of drug-likeness (QED) is 0.598. The van der Waals surface area contributed by atoms with Crippen molar-refractivity contribution in [2.75, 3.05) is 5.75 Å². The molecule has 114 valence electrons. The van der Waals surface area contributed by atoms with Gasteiger partial charge in [0.05, 0.1) is 22.4 Å². The van der Waals surface area contributed by atoms with E-state index >= 15 is 0 Å². The second kappa shape index (κ2) is 7.82. The standard InChI is InChI=1S/C14H25BrN4S/c1-10(2)19-14(12(15)8-17-19)13(18-16)9-20-11-6-4-3-5-7-11/h8,10-11,13,18H,3-7,9,16H2,1-2H3. The lowest BCUT2D eigenvalue weighted by atomic mass is 10.0.